The Morgan fingerprint density at radius 1 is 1.64 bits per heavy atom. The van der Waals surface area contributed by atoms with Crippen molar-refractivity contribution in [1.29, 1.82) is 5.26 Å². The van der Waals surface area contributed by atoms with Crippen LogP contribution in [0.25, 0.3) is 0 Å². The summed E-state index contributed by atoms with van der Waals surface area (Å²) < 4.78 is 0. The predicted molar refractivity (Wildman–Crippen MR) is 41.8 cm³/mol. The van der Waals surface area contributed by atoms with Crippen LogP contribution in [0.5, 0.6) is 0 Å². The Morgan fingerprint density at radius 3 is 2.91 bits per heavy atom. The molecule has 0 bridgehead atoms. The van der Waals surface area contributed by atoms with Gasteiger partial charge in [-0.1, -0.05) is 6.92 Å². The Hall–Kier alpha value is -1.08. The van der Waals surface area contributed by atoms with E-state index in [1.54, 1.807) is 0 Å². The first kappa shape index (κ1) is 9.92. The molecule has 0 saturated heterocycles. The topological polar surface area (TPSA) is 64.9 Å². The van der Waals surface area contributed by atoms with Gasteiger partial charge in [-0.05, 0) is 6.54 Å². The first-order chi connectivity index (χ1) is 5.31. The Balaban J connectivity index is 3.17. The van der Waals surface area contributed by atoms with Gasteiger partial charge in [-0.3, -0.25) is 4.79 Å². The van der Waals surface area contributed by atoms with Crippen LogP contribution in [0.2, 0.25) is 0 Å². The monoisotopic (exact) mass is 155 g/mol. The minimum atomic E-state index is -0.0764. The molecule has 0 aliphatic carbocycles. The Morgan fingerprint density at radius 2 is 2.36 bits per heavy atom. The van der Waals surface area contributed by atoms with Crippen LogP contribution in [0.1, 0.15) is 13.3 Å². The maximum absolute atomic E-state index is 10.8. The van der Waals surface area contributed by atoms with Gasteiger partial charge in [-0.25, -0.2) is 0 Å². The molecule has 0 rings (SSSR count). The summed E-state index contributed by atoms with van der Waals surface area (Å²) in [5.41, 5.74) is 0. The molecule has 0 heterocycles. The molecule has 4 nitrogen and oxygen atoms in total. The lowest BCUT2D eigenvalue weighted by atomic mass is 10.4. The molecule has 0 aliphatic heterocycles. The third-order valence-electron chi connectivity index (χ3n) is 1.14. The van der Waals surface area contributed by atoms with Gasteiger partial charge >= 0.3 is 0 Å². The third kappa shape index (κ3) is 6.81. The van der Waals surface area contributed by atoms with Crippen molar-refractivity contribution < 1.29 is 4.79 Å². The van der Waals surface area contributed by atoms with E-state index in [0.717, 1.165) is 6.54 Å². The second-order valence-corrected chi connectivity index (χ2v) is 2.04. The number of rotatable bonds is 5. The zero-order chi connectivity index (χ0) is 8.53. The summed E-state index contributed by atoms with van der Waals surface area (Å²) in [6, 6.07) is 1.84. The molecular formula is C7H13N3O. The summed E-state index contributed by atoms with van der Waals surface area (Å²) in [6.07, 6.45) is 0.440. The fourth-order valence-corrected chi connectivity index (χ4v) is 0.605. The van der Waals surface area contributed by atoms with Crippen LogP contribution >= 0.6 is 0 Å². The lowest BCUT2D eigenvalue weighted by Crippen LogP contribution is -2.27. The molecule has 1 amide bonds. The zero-order valence-corrected chi connectivity index (χ0v) is 6.68. The number of nitrogens with one attached hydrogen (secondary N) is 2. The Kier molecular flexibility index (Phi) is 6.34. The highest BCUT2D eigenvalue weighted by molar-refractivity contribution is 5.76. The van der Waals surface area contributed by atoms with E-state index < -0.39 is 0 Å². The van der Waals surface area contributed by atoms with Crippen LogP contribution in [0.3, 0.4) is 0 Å². The number of hydrogen-bond acceptors (Lipinski definition) is 3. The molecule has 0 radical (unpaired) electrons. The number of nitrogens with zero attached hydrogens (tertiary/aromatic N) is 1. The number of hydrogen-bond donors (Lipinski definition) is 2. The summed E-state index contributed by atoms with van der Waals surface area (Å²) in [5, 5.41) is 13.6. The molecule has 0 aliphatic rings. The summed E-state index contributed by atoms with van der Waals surface area (Å²) in [5.74, 6) is -0.0764. The van der Waals surface area contributed by atoms with Gasteiger partial charge < -0.3 is 10.6 Å². The van der Waals surface area contributed by atoms with Gasteiger partial charge in [0, 0.05) is 13.0 Å². The average Bonchev–Trinajstić information content (AvgIpc) is 2.01. The van der Waals surface area contributed by atoms with Crippen molar-refractivity contribution in [3.63, 3.8) is 0 Å². The number of amides is 1. The van der Waals surface area contributed by atoms with E-state index in [1.165, 1.54) is 0 Å². The number of nitriles is 1. The van der Waals surface area contributed by atoms with Crippen LogP contribution in [-0.2, 0) is 4.79 Å². The molecule has 11 heavy (non-hydrogen) atoms. The second-order valence-electron chi connectivity index (χ2n) is 2.04. The molecule has 2 N–H and O–H groups in total. The molecule has 0 aromatic heterocycles. The van der Waals surface area contributed by atoms with Crippen LogP contribution in [0.15, 0.2) is 0 Å². The second kappa shape index (κ2) is 7.03. The van der Waals surface area contributed by atoms with Crippen molar-refractivity contribution >= 4 is 5.91 Å². The van der Waals surface area contributed by atoms with E-state index in [0.29, 0.717) is 13.0 Å². The summed E-state index contributed by atoms with van der Waals surface area (Å²) in [4.78, 5) is 10.8. The fourth-order valence-electron chi connectivity index (χ4n) is 0.605. The predicted octanol–water partition coefficient (Wildman–Crippen LogP) is -0.374. The smallest absolute Gasteiger partial charge is 0.222 e. The van der Waals surface area contributed by atoms with Crippen molar-refractivity contribution in [2.45, 2.75) is 13.3 Å². The fraction of sp³-hybridized carbons (Fsp3) is 0.714. The van der Waals surface area contributed by atoms with Gasteiger partial charge in [0.25, 0.3) is 0 Å². The molecule has 0 unspecified atom stereocenters. The molecule has 62 valence electrons. The minimum absolute atomic E-state index is 0.0764. The van der Waals surface area contributed by atoms with E-state index in [4.69, 9.17) is 5.26 Å². The maximum Gasteiger partial charge on any atom is 0.222 e. The van der Waals surface area contributed by atoms with Gasteiger partial charge in [-0.15, -0.1) is 0 Å². The van der Waals surface area contributed by atoms with Gasteiger partial charge in [0.05, 0.1) is 6.07 Å². The number of carbonyl (C=O) groups is 1. The van der Waals surface area contributed by atoms with Crippen molar-refractivity contribution in [2.24, 2.45) is 0 Å². The SMILES string of the molecule is CCNCCC(=O)NCC#N. The molecule has 0 atom stereocenters. The van der Waals surface area contributed by atoms with Crippen molar-refractivity contribution in [3.8, 4) is 6.07 Å². The molecular weight excluding hydrogens is 142 g/mol. The molecule has 0 saturated carbocycles. The van der Waals surface area contributed by atoms with E-state index in [-0.39, 0.29) is 12.5 Å². The van der Waals surface area contributed by atoms with Crippen molar-refractivity contribution in [2.75, 3.05) is 19.6 Å². The first-order valence-corrected chi connectivity index (χ1v) is 3.65. The van der Waals surface area contributed by atoms with Crippen LogP contribution in [-0.4, -0.2) is 25.5 Å². The molecule has 4 heteroatoms. The highest BCUT2D eigenvalue weighted by atomic mass is 16.1. The van der Waals surface area contributed by atoms with Crippen LogP contribution in [0.4, 0.5) is 0 Å². The van der Waals surface area contributed by atoms with Crippen molar-refractivity contribution in [1.82, 2.24) is 10.6 Å². The summed E-state index contributed by atoms with van der Waals surface area (Å²) in [7, 11) is 0. The zero-order valence-electron chi connectivity index (χ0n) is 6.68. The Labute approximate surface area is 66.6 Å². The Bertz CT molecular complexity index is 150. The van der Waals surface area contributed by atoms with E-state index in [2.05, 4.69) is 10.6 Å². The van der Waals surface area contributed by atoms with E-state index in [9.17, 15) is 4.79 Å². The normalized spacial score (nSPS) is 8.73. The van der Waals surface area contributed by atoms with E-state index >= 15 is 0 Å². The summed E-state index contributed by atoms with van der Waals surface area (Å²) >= 11 is 0. The average molecular weight is 155 g/mol. The highest BCUT2D eigenvalue weighted by Gasteiger charge is 1.97. The third-order valence-corrected chi connectivity index (χ3v) is 1.14. The standard InChI is InChI=1S/C7H13N3O/c1-2-9-5-3-7(11)10-6-4-8/h9H,2-3,5-6H2,1H3,(H,10,11). The van der Waals surface area contributed by atoms with Gasteiger partial charge in [-0.2, -0.15) is 5.26 Å². The lowest BCUT2D eigenvalue weighted by Gasteiger charge is -2.00. The molecule has 0 fully saturated rings. The lowest BCUT2D eigenvalue weighted by molar-refractivity contribution is -0.120. The van der Waals surface area contributed by atoms with Gasteiger partial charge in [0.2, 0.25) is 5.91 Å². The van der Waals surface area contributed by atoms with Crippen LogP contribution < -0.4 is 10.6 Å². The summed E-state index contributed by atoms with van der Waals surface area (Å²) in [6.45, 7) is 3.62. The van der Waals surface area contributed by atoms with E-state index in [1.807, 2.05) is 13.0 Å². The molecule has 0 aromatic rings. The van der Waals surface area contributed by atoms with Crippen LogP contribution in [0, 0.1) is 11.3 Å². The van der Waals surface area contributed by atoms with Crippen molar-refractivity contribution in [3.05, 3.63) is 0 Å². The minimum Gasteiger partial charge on any atom is -0.343 e. The largest absolute Gasteiger partial charge is 0.343 e. The quantitative estimate of drug-likeness (QED) is 0.420. The van der Waals surface area contributed by atoms with Gasteiger partial charge in [0.15, 0.2) is 0 Å². The first-order valence-electron chi connectivity index (χ1n) is 3.65. The maximum atomic E-state index is 10.8. The van der Waals surface area contributed by atoms with Gasteiger partial charge in [0.1, 0.15) is 6.54 Å². The molecule has 0 aromatic carbocycles. The molecule has 0 spiro atoms. The number of carbonyl (C=O) groups excluding carboxylic acids is 1. The highest BCUT2D eigenvalue weighted by Crippen LogP contribution is 1.75.